The number of anilines is 1. The molecule has 0 saturated heterocycles. The molecule has 3 aromatic rings. The molecule has 0 aliphatic heterocycles. The summed E-state index contributed by atoms with van der Waals surface area (Å²) in [7, 11) is -4.15. The van der Waals surface area contributed by atoms with Crippen molar-refractivity contribution < 1.29 is 18.0 Å². The minimum atomic E-state index is -4.15. The van der Waals surface area contributed by atoms with E-state index in [2.05, 4.69) is 5.32 Å². The summed E-state index contributed by atoms with van der Waals surface area (Å²) in [6, 6.07) is 19.8. The minimum Gasteiger partial charge on any atom is -0.354 e. The van der Waals surface area contributed by atoms with Crippen LogP contribution in [0.15, 0.2) is 77.7 Å². The molecule has 0 bridgehead atoms. The Hall–Kier alpha value is -3.36. The molecule has 0 spiro atoms. The van der Waals surface area contributed by atoms with Crippen LogP contribution in [0.25, 0.3) is 0 Å². The maximum absolute atomic E-state index is 14.2. The van der Waals surface area contributed by atoms with Crippen LogP contribution in [0.4, 0.5) is 5.69 Å². The van der Waals surface area contributed by atoms with E-state index in [1.807, 2.05) is 52.0 Å². The molecular weight excluding hydrogens is 546 g/mol. The molecule has 3 aromatic carbocycles. The Kier molecular flexibility index (Phi) is 10.8. The Balaban J connectivity index is 2.09. The van der Waals surface area contributed by atoms with E-state index < -0.39 is 28.5 Å². The maximum atomic E-state index is 14.2. The van der Waals surface area contributed by atoms with Crippen LogP contribution in [0.3, 0.4) is 0 Å². The van der Waals surface area contributed by atoms with Crippen molar-refractivity contribution in [3.05, 3.63) is 94.5 Å². The molecule has 1 unspecified atom stereocenters. The van der Waals surface area contributed by atoms with Crippen molar-refractivity contribution in [3.8, 4) is 0 Å². The fourth-order valence-electron chi connectivity index (χ4n) is 4.41. The molecule has 0 radical (unpaired) electrons. The third-order valence-corrected chi connectivity index (χ3v) is 8.97. The highest BCUT2D eigenvalue weighted by atomic mass is 35.5. The van der Waals surface area contributed by atoms with Gasteiger partial charge in [-0.15, -0.1) is 0 Å². The number of hydrogen-bond donors (Lipinski definition) is 1. The standard InChI is InChI=1S/C31H38ClN3O4S/c1-6-28(31(37)33-19-22(2)3)34(20-25-14-11-10-13-23(25)4)30(36)21-35(29-18-12-17-27(32)24(29)5)40(38,39)26-15-8-7-9-16-26/h7-18,22,28H,6,19-21H2,1-5H3,(H,33,37). The molecular formula is C31H38ClN3O4S. The summed E-state index contributed by atoms with van der Waals surface area (Å²) in [4.78, 5) is 29.0. The Morgan fingerprint density at radius 3 is 2.20 bits per heavy atom. The third kappa shape index (κ3) is 7.43. The van der Waals surface area contributed by atoms with Crippen LogP contribution in [-0.4, -0.2) is 44.3 Å². The SMILES string of the molecule is CCC(C(=O)NCC(C)C)N(Cc1ccccc1C)C(=O)CN(c1cccc(Cl)c1C)S(=O)(=O)c1ccccc1. The number of nitrogens with one attached hydrogen (secondary N) is 1. The fraction of sp³-hybridized carbons (Fsp3) is 0.355. The largest absolute Gasteiger partial charge is 0.354 e. The number of hydrogen-bond acceptors (Lipinski definition) is 4. The van der Waals surface area contributed by atoms with Gasteiger partial charge in [-0.05, 0) is 67.1 Å². The Labute approximate surface area is 243 Å². The number of rotatable bonds is 12. The van der Waals surface area contributed by atoms with E-state index in [4.69, 9.17) is 11.6 Å². The molecule has 9 heteroatoms. The summed E-state index contributed by atoms with van der Waals surface area (Å²) in [6.07, 6.45) is 0.364. The minimum absolute atomic E-state index is 0.0503. The third-order valence-electron chi connectivity index (χ3n) is 6.79. The summed E-state index contributed by atoms with van der Waals surface area (Å²) in [5.41, 5.74) is 2.68. The van der Waals surface area contributed by atoms with Crippen LogP contribution in [0, 0.1) is 19.8 Å². The molecule has 0 aliphatic carbocycles. The summed E-state index contributed by atoms with van der Waals surface area (Å²) < 4.78 is 29.0. The number of halogens is 1. The average Bonchev–Trinajstić information content (AvgIpc) is 2.93. The number of amides is 2. The smallest absolute Gasteiger partial charge is 0.264 e. The lowest BCUT2D eigenvalue weighted by Gasteiger charge is -2.34. The second-order valence-corrected chi connectivity index (χ2v) is 12.5. The molecule has 0 fully saturated rings. The van der Waals surface area contributed by atoms with Gasteiger partial charge >= 0.3 is 0 Å². The second kappa shape index (κ2) is 13.8. The lowest BCUT2D eigenvalue weighted by Crippen LogP contribution is -2.52. The number of carbonyl (C=O) groups excluding carboxylic acids is 2. The lowest BCUT2D eigenvalue weighted by atomic mass is 10.1. The second-order valence-electron chi connectivity index (χ2n) is 10.2. The predicted octanol–water partition coefficient (Wildman–Crippen LogP) is 5.73. The maximum Gasteiger partial charge on any atom is 0.264 e. The molecule has 40 heavy (non-hydrogen) atoms. The first-order valence-corrected chi connectivity index (χ1v) is 15.2. The summed E-state index contributed by atoms with van der Waals surface area (Å²) in [5, 5.41) is 3.33. The summed E-state index contributed by atoms with van der Waals surface area (Å²) in [6.45, 7) is 9.63. The number of benzene rings is 3. The van der Waals surface area contributed by atoms with E-state index >= 15 is 0 Å². The zero-order chi connectivity index (χ0) is 29.4. The molecule has 7 nitrogen and oxygen atoms in total. The quantitative estimate of drug-likeness (QED) is 0.295. The van der Waals surface area contributed by atoms with Crippen molar-refractivity contribution in [1.29, 1.82) is 0 Å². The van der Waals surface area contributed by atoms with Gasteiger partial charge < -0.3 is 10.2 Å². The first-order valence-electron chi connectivity index (χ1n) is 13.4. The van der Waals surface area contributed by atoms with Crippen LogP contribution < -0.4 is 9.62 Å². The van der Waals surface area contributed by atoms with Gasteiger partial charge in [0.05, 0.1) is 10.6 Å². The van der Waals surface area contributed by atoms with Gasteiger partial charge in [0.1, 0.15) is 12.6 Å². The summed E-state index contributed by atoms with van der Waals surface area (Å²) in [5.74, 6) is -0.525. The van der Waals surface area contributed by atoms with Crippen molar-refractivity contribution in [2.75, 3.05) is 17.4 Å². The highest BCUT2D eigenvalue weighted by molar-refractivity contribution is 7.92. The van der Waals surface area contributed by atoms with Gasteiger partial charge in [0.2, 0.25) is 11.8 Å². The zero-order valence-corrected chi connectivity index (χ0v) is 25.3. The molecule has 3 rings (SSSR count). The highest BCUT2D eigenvalue weighted by Crippen LogP contribution is 2.31. The Bertz CT molecular complexity index is 1430. The molecule has 0 heterocycles. The average molecular weight is 584 g/mol. The van der Waals surface area contributed by atoms with Crippen LogP contribution in [0.2, 0.25) is 5.02 Å². The van der Waals surface area contributed by atoms with Gasteiger partial charge in [0.25, 0.3) is 10.0 Å². The van der Waals surface area contributed by atoms with E-state index in [-0.39, 0.29) is 23.3 Å². The fourth-order valence-corrected chi connectivity index (χ4v) is 6.07. The van der Waals surface area contributed by atoms with Crippen LogP contribution in [0.1, 0.15) is 43.9 Å². The number of carbonyl (C=O) groups is 2. The van der Waals surface area contributed by atoms with Crippen molar-refractivity contribution >= 4 is 39.1 Å². The van der Waals surface area contributed by atoms with Crippen molar-refractivity contribution in [2.45, 2.75) is 58.5 Å². The Morgan fingerprint density at radius 2 is 1.57 bits per heavy atom. The number of nitrogens with zero attached hydrogens (tertiary/aromatic N) is 2. The van der Waals surface area contributed by atoms with Gasteiger partial charge in [-0.3, -0.25) is 13.9 Å². The molecule has 1 atom stereocenters. The van der Waals surface area contributed by atoms with E-state index in [1.165, 1.54) is 17.0 Å². The van der Waals surface area contributed by atoms with E-state index in [1.54, 1.807) is 43.3 Å². The molecule has 214 valence electrons. The lowest BCUT2D eigenvalue weighted by molar-refractivity contribution is -0.140. The number of aryl methyl sites for hydroxylation is 1. The van der Waals surface area contributed by atoms with Gasteiger partial charge in [0.15, 0.2) is 0 Å². The van der Waals surface area contributed by atoms with Gasteiger partial charge in [-0.2, -0.15) is 0 Å². The van der Waals surface area contributed by atoms with Crippen molar-refractivity contribution in [1.82, 2.24) is 10.2 Å². The first kappa shape index (κ1) is 31.2. The summed E-state index contributed by atoms with van der Waals surface area (Å²) >= 11 is 6.38. The first-order chi connectivity index (χ1) is 19.0. The highest BCUT2D eigenvalue weighted by Gasteiger charge is 2.34. The number of sulfonamides is 1. The molecule has 1 N–H and O–H groups in total. The van der Waals surface area contributed by atoms with Gasteiger partial charge in [-0.25, -0.2) is 8.42 Å². The van der Waals surface area contributed by atoms with Crippen molar-refractivity contribution in [2.24, 2.45) is 5.92 Å². The van der Waals surface area contributed by atoms with Gasteiger partial charge in [-0.1, -0.05) is 80.9 Å². The predicted molar refractivity (Wildman–Crippen MR) is 161 cm³/mol. The van der Waals surface area contributed by atoms with E-state index in [0.29, 0.717) is 29.2 Å². The van der Waals surface area contributed by atoms with Crippen LogP contribution in [0.5, 0.6) is 0 Å². The van der Waals surface area contributed by atoms with Crippen LogP contribution in [-0.2, 0) is 26.2 Å². The molecule has 0 aliphatic rings. The molecule has 2 amide bonds. The normalized spacial score (nSPS) is 12.2. The van der Waals surface area contributed by atoms with Gasteiger partial charge in [0, 0.05) is 18.1 Å². The Morgan fingerprint density at radius 1 is 0.925 bits per heavy atom. The van der Waals surface area contributed by atoms with Crippen molar-refractivity contribution in [3.63, 3.8) is 0 Å². The van der Waals surface area contributed by atoms with E-state index in [9.17, 15) is 18.0 Å². The topological polar surface area (TPSA) is 86.8 Å². The van der Waals surface area contributed by atoms with E-state index in [0.717, 1.165) is 15.4 Å². The molecule has 0 saturated carbocycles. The zero-order valence-electron chi connectivity index (χ0n) is 23.7. The molecule has 0 aromatic heterocycles. The monoisotopic (exact) mass is 583 g/mol. The van der Waals surface area contributed by atoms with Crippen LogP contribution >= 0.6 is 11.6 Å².